The minimum Gasteiger partial charge on any atom is -0.383 e. The van der Waals surface area contributed by atoms with Gasteiger partial charge in [-0.25, -0.2) is 0 Å². The largest absolute Gasteiger partial charge is 0.383 e. The molecule has 0 saturated carbocycles. The maximum Gasteiger partial charge on any atom is 0.0526 e. The summed E-state index contributed by atoms with van der Waals surface area (Å²) >= 11 is 1.84. The quantitative estimate of drug-likeness (QED) is 0.695. The molecular weight excluding hydrogens is 156 g/mol. The molecule has 3 heteroatoms. The van der Waals surface area contributed by atoms with Crippen molar-refractivity contribution in [1.29, 1.82) is 0 Å². The van der Waals surface area contributed by atoms with Gasteiger partial charge in [0.25, 0.3) is 0 Å². The Morgan fingerprint density at radius 1 is 1.64 bits per heavy atom. The Balaban J connectivity index is 2.28. The van der Waals surface area contributed by atoms with Crippen LogP contribution in [0.5, 0.6) is 0 Å². The lowest BCUT2D eigenvalue weighted by Gasteiger charge is -2.02. The van der Waals surface area contributed by atoms with E-state index in [9.17, 15) is 0 Å². The predicted octanol–water partition coefficient (Wildman–Crippen LogP) is 1.86. The third kappa shape index (κ3) is 3.28. The molecule has 1 aromatic heterocycles. The van der Waals surface area contributed by atoms with Crippen LogP contribution in [0.15, 0.2) is 24.5 Å². The highest BCUT2D eigenvalue weighted by Crippen LogP contribution is 2.02. The van der Waals surface area contributed by atoms with Crippen LogP contribution in [0.1, 0.15) is 0 Å². The first-order valence-electron chi connectivity index (χ1n) is 3.56. The third-order valence-electron chi connectivity index (χ3n) is 1.30. The molecular formula is C8H12N2S. The van der Waals surface area contributed by atoms with Crippen LogP contribution in [0.2, 0.25) is 0 Å². The van der Waals surface area contributed by atoms with Crippen molar-refractivity contribution in [3.8, 4) is 0 Å². The Morgan fingerprint density at radius 2 is 2.55 bits per heavy atom. The van der Waals surface area contributed by atoms with Crippen LogP contribution < -0.4 is 5.32 Å². The number of rotatable bonds is 4. The normalized spacial score (nSPS) is 9.55. The molecule has 0 amide bonds. The molecule has 0 saturated heterocycles. The summed E-state index contributed by atoms with van der Waals surface area (Å²) in [6.07, 6.45) is 5.71. The Morgan fingerprint density at radius 3 is 3.18 bits per heavy atom. The number of hydrogen-bond acceptors (Lipinski definition) is 3. The van der Waals surface area contributed by atoms with Gasteiger partial charge < -0.3 is 5.32 Å². The fraction of sp³-hybridized carbons (Fsp3) is 0.375. The van der Waals surface area contributed by atoms with Crippen molar-refractivity contribution in [3.63, 3.8) is 0 Å². The zero-order valence-electron chi connectivity index (χ0n) is 6.58. The summed E-state index contributed by atoms with van der Waals surface area (Å²) in [5.74, 6) is 1.13. The lowest BCUT2D eigenvalue weighted by Crippen LogP contribution is -2.03. The second-order valence-corrected chi connectivity index (χ2v) is 3.15. The fourth-order valence-electron chi connectivity index (χ4n) is 0.765. The maximum atomic E-state index is 3.99. The van der Waals surface area contributed by atoms with Crippen LogP contribution in [0.4, 0.5) is 5.69 Å². The SMILES string of the molecule is CSCCNc1cccnc1. The van der Waals surface area contributed by atoms with Crippen molar-refractivity contribution in [2.75, 3.05) is 23.9 Å². The first-order valence-corrected chi connectivity index (χ1v) is 4.95. The van der Waals surface area contributed by atoms with Gasteiger partial charge in [0.05, 0.1) is 5.69 Å². The number of nitrogens with zero attached hydrogens (tertiary/aromatic N) is 1. The molecule has 0 aliphatic heterocycles. The zero-order valence-corrected chi connectivity index (χ0v) is 7.40. The van der Waals surface area contributed by atoms with Crippen LogP contribution in [-0.4, -0.2) is 23.5 Å². The molecule has 2 nitrogen and oxygen atoms in total. The van der Waals surface area contributed by atoms with Gasteiger partial charge in [-0.1, -0.05) is 0 Å². The summed E-state index contributed by atoms with van der Waals surface area (Å²) in [6.45, 7) is 1.01. The number of nitrogens with one attached hydrogen (secondary N) is 1. The van der Waals surface area contributed by atoms with E-state index in [1.54, 1.807) is 6.20 Å². The highest BCUT2D eigenvalue weighted by atomic mass is 32.2. The van der Waals surface area contributed by atoms with Crippen molar-refractivity contribution in [2.24, 2.45) is 0 Å². The Hall–Kier alpha value is -0.700. The molecule has 60 valence electrons. The molecule has 1 aromatic rings. The van der Waals surface area contributed by atoms with Gasteiger partial charge in [-0.3, -0.25) is 4.98 Å². The Labute approximate surface area is 71.4 Å². The molecule has 0 aliphatic rings. The molecule has 0 spiro atoms. The van der Waals surface area contributed by atoms with E-state index in [1.165, 1.54) is 0 Å². The lowest BCUT2D eigenvalue weighted by atomic mass is 10.4. The molecule has 0 aromatic carbocycles. The molecule has 1 rings (SSSR count). The van der Waals surface area contributed by atoms with Gasteiger partial charge in [0.1, 0.15) is 0 Å². The van der Waals surface area contributed by atoms with E-state index in [0.29, 0.717) is 0 Å². The van der Waals surface area contributed by atoms with E-state index in [4.69, 9.17) is 0 Å². The average Bonchev–Trinajstić information content (AvgIpc) is 2.07. The fourth-order valence-corrected chi connectivity index (χ4v) is 1.07. The minimum atomic E-state index is 1.01. The van der Waals surface area contributed by atoms with Crippen molar-refractivity contribution >= 4 is 17.4 Å². The number of pyridine rings is 1. The van der Waals surface area contributed by atoms with E-state index in [-0.39, 0.29) is 0 Å². The summed E-state index contributed by atoms with van der Waals surface area (Å²) in [6, 6.07) is 3.95. The van der Waals surface area contributed by atoms with Crippen LogP contribution >= 0.6 is 11.8 Å². The smallest absolute Gasteiger partial charge is 0.0526 e. The maximum absolute atomic E-state index is 3.99. The van der Waals surface area contributed by atoms with Gasteiger partial charge >= 0.3 is 0 Å². The molecule has 0 atom stereocenters. The first-order chi connectivity index (χ1) is 5.43. The Kier molecular flexibility index (Phi) is 3.83. The predicted molar refractivity (Wildman–Crippen MR) is 51.1 cm³/mol. The van der Waals surface area contributed by atoms with E-state index >= 15 is 0 Å². The number of thioether (sulfide) groups is 1. The second-order valence-electron chi connectivity index (χ2n) is 2.16. The van der Waals surface area contributed by atoms with Gasteiger partial charge in [-0.05, 0) is 18.4 Å². The number of hydrogen-bond donors (Lipinski definition) is 1. The van der Waals surface area contributed by atoms with Crippen LogP contribution in [0, 0.1) is 0 Å². The van der Waals surface area contributed by atoms with Crippen molar-refractivity contribution in [2.45, 2.75) is 0 Å². The van der Waals surface area contributed by atoms with Gasteiger partial charge in [-0.15, -0.1) is 0 Å². The summed E-state index contributed by atoms with van der Waals surface area (Å²) in [5.41, 5.74) is 1.10. The van der Waals surface area contributed by atoms with E-state index in [1.807, 2.05) is 30.1 Å². The van der Waals surface area contributed by atoms with Crippen molar-refractivity contribution < 1.29 is 0 Å². The topological polar surface area (TPSA) is 24.9 Å². The summed E-state index contributed by atoms with van der Waals surface area (Å²) in [4.78, 5) is 3.99. The van der Waals surface area contributed by atoms with Crippen LogP contribution in [0.3, 0.4) is 0 Å². The molecule has 1 heterocycles. The van der Waals surface area contributed by atoms with Gasteiger partial charge in [-0.2, -0.15) is 11.8 Å². The summed E-state index contributed by atoms with van der Waals surface area (Å²) in [5, 5.41) is 3.26. The van der Waals surface area contributed by atoms with E-state index in [0.717, 1.165) is 18.0 Å². The van der Waals surface area contributed by atoms with Gasteiger partial charge in [0, 0.05) is 24.7 Å². The average molecular weight is 168 g/mol. The van der Waals surface area contributed by atoms with Gasteiger partial charge in [0.2, 0.25) is 0 Å². The monoisotopic (exact) mass is 168 g/mol. The number of anilines is 1. The standard InChI is InChI=1S/C8H12N2S/c1-11-6-5-10-8-3-2-4-9-7-8/h2-4,7,10H,5-6H2,1H3. The Bertz CT molecular complexity index is 189. The van der Waals surface area contributed by atoms with E-state index < -0.39 is 0 Å². The van der Waals surface area contributed by atoms with E-state index in [2.05, 4.69) is 16.6 Å². The highest BCUT2D eigenvalue weighted by Gasteiger charge is 1.87. The molecule has 11 heavy (non-hydrogen) atoms. The molecule has 0 bridgehead atoms. The lowest BCUT2D eigenvalue weighted by molar-refractivity contribution is 1.21. The molecule has 0 fully saturated rings. The minimum absolute atomic E-state index is 1.01. The van der Waals surface area contributed by atoms with Crippen molar-refractivity contribution in [3.05, 3.63) is 24.5 Å². The van der Waals surface area contributed by atoms with Crippen LogP contribution in [0.25, 0.3) is 0 Å². The van der Waals surface area contributed by atoms with Crippen LogP contribution in [-0.2, 0) is 0 Å². The molecule has 0 unspecified atom stereocenters. The summed E-state index contributed by atoms with van der Waals surface area (Å²) < 4.78 is 0. The third-order valence-corrected chi connectivity index (χ3v) is 1.91. The van der Waals surface area contributed by atoms with Gasteiger partial charge in [0.15, 0.2) is 0 Å². The first kappa shape index (κ1) is 8.40. The molecule has 0 aliphatic carbocycles. The number of aromatic nitrogens is 1. The second kappa shape index (κ2) is 5.02. The summed E-state index contributed by atoms with van der Waals surface area (Å²) in [7, 11) is 0. The zero-order chi connectivity index (χ0) is 7.94. The molecule has 0 radical (unpaired) electrons. The molecule has 1 N–H and O–H groups in total. The van der Waals surface area contributed by atoms with Crippen molar-refractivity contribution in [1.82, 2.24) is 4.98 Å². The highest BCUT2D eigenvalue weighted by molar-refractivity contribution is 7.98.